The smallest absolute Gasteiger partial charge is 0.250 e. The molecule has 0 radical (unpaired) electrons. The van der Waals surface area contributed by atoms with E-state index in [4.69, 9.17) is 5.73 Å². The number of carbonyl (C=O) groups is 1. The van der Waals surface area contributed by atoms with Crippen LogP contribution >= 0.6 is 0 Å². The monoisotopic (exact) mass is 267 g/mol. The van der Waals surface area contributed by atoms with Crippen molar-refractivity contribution in [2.45, 2.75) is 42.2 Å². The van der Waals surface area contributed by atoms with Gasteiger partial charge in [-0.25, -0.2) is 8.42 Å². The normalized spacial score (nSPS) is 17.6. The third kappa shape index (κ3) is 2.41. The Kier molecular flexibility index (Phi) is 3.71. The maximum atomic E-state index is 12.5. The van der Waals surface area contributed by atoms with Gasteiger partial charge >= 0.3 is 0 Å². The summed E-state index contributed by atoms with van der Waals surface area (Å²) in [6.07, 6.45) is 4.31. The zero-order chi connectivity index (χ0) is 13.2. The highest BCUT2D eigenvalue weighted by molar-refractivity contribution is 7.92. The molecule has 0 heterocycles. The molecular weight excluding hydrogens is 250 g/mol. The molecule has 1 aliphatic rings. The average Bonchev–Trinajstić information content (AvgIpc) is 2.39. The lowest BCUT2D eigenvalue weighted by molar-refractivity contribution is 0.0997. The van der Waals surface area contributed by atoms with E-state index in [1.165, 1.54) is 12.1 Å². The predicted octanol–water partition coefficient (Wildman–Crippen LogP) is 1.89. The van der Waals surface area contributed by atoms with Gasteiger partial charge in [0.25, 0.3) is 0 Å². The second kappa shape index (κ2) is 5.10. The molecule has 0 atom stereocenters. The summed E-state index contributed by atoms with van der Waals surface area (Å²) in [7, 11) is -3.44. The zero-order valence-corrected chi connectivity index (χ0v) is 10.9. The van der Waals surface area contributed by atoms with Crippen LogP contribution in [0.3, 0.4) is 0 Å². The van der Waals surface area contributed by atoms with Gasteiger partial charge in [-0.15, -0.1) is 0 Å². The first kappa shape index (κ1) is 13.1. The van der Waals surface area contributed by atoms with Crippen LogP contribution < -0.4 is 5.73 Å². The lowest BCUT2D eigenvalue weighted by Crippen LogP contribution is -2.26. The molecule has 2 N–H and O–H groups in total. The van der Waals surface area contributed by atoms with Crippen molar-refractivity contribution in [3.63, 3.8) is 0 Å². The van der Waals surface area contributed by atoms with Crippen LogP contribution in [0.2, 0.25) is 0 Å². The summed E-state index contributed by atoms with van der Waals surface area (Å²) in [5.74, 6) is -0.690. The van der Waals surface area contributed by atoms with Crippen LogP contribution in [0.15, 0.2) is 29.2 Å². The minimum atomic E-state index is -3.44. The van der Waals surface area contributed by atoms with E-state index in [-0.39, 0.29) is 15.7 Å². The molecule has 0 spiro atoms. The Balaban J connectivity index is 2.43. The maximum Gasteiger partial charge on any atom is 0.250 e. The van der Waals surface area contributed by atoms with Gasteiger partial charge in [0.2, 0.25) is 5.91 Å². The quantitative estimate of drug-likeness (QED) is 0.908. The van der Waals surface area contributed by atoms with Gasteiger partial charge < -0.3 is 5.73 Å². The van der Waals surface area contributed by atoms with Gasteiger partial charge in [0.1, 0.15) is 0 Å². The Morgan fingerprint density at radius 2 is 1.72 bits per heavy atom. The number of carbonyl (C=O) groups excluding carboxylic acids is 1. The van der Waals surface area contributed by atoms with Gasteiger partial charge in [0.15, 0.2) is 9.84 Å². The van der Waals surface area contributed by atoms with E-state index in [0.29, 0.717) is 12.8 Å². The molecule has 0 aromatic heterocycles. The summed E-state index contributed by atoms with van der Waals surface area (Å²) in [5.41, 5.74) is 5.34. The largest absolute Gasteiger partial charge is 0.366 e. The van der Waals surface area contributed by atoms with Gasteiger partial charge in [0.05, 0.1) is 15.7 Å². The molecule has 1 fully saturated rings. The van der Waals surface area contributed by atoms with Crippen molar-refractivity contribution in [1.29, 1.82) is 0 Å². The van der Waals surface area contributed by atoms with Crippen molar-refractivity contribution < 1.29 is 13.2 Å². The van der Waals surface area contributed by atoms with E-state index >= 15 is 0 Å². The van der Waals surface area contributed by atoms with Crippen molar-refractivity contribution in [3.05, 3.63) is 29.8 Å². The molecule has 98 valence electrons. The second-order valence-corrected chi connectivity index (χ2v) is 6.86. The highest BCUT2D eigenvalue weighted by Gasteiger charge is 2.31. The first-order chi connectivity index (χ1) is 8.53. The Bertz CT molecular complexity index is 545. The Morgan fingerprint density at radius 3 is 2.33 bits per heavy atom. The van der Waals surface area contributed by atoms with Gasteiger partial charge in [-0.2, -0.15) is 0 Å². The molecule has 0 saturated heterocycles. The summed E-state index contributed by atoms with van der Waals surface area (Å²) in [5, 5.41) is -0.369. The van der Waals surface area contributed by atoms with E-state index in [2.05, 4.69) is 0 Å². The maximum absolute atomic E-state index is 12.5. The molecule has 0 unspecified atom stereocenters. The number of primary amides is 1. The van der Waals surface area contributed by atoms with Crippen LogP contribution in [0.1, 0.15) is 42.5 Å². The number of rotatable bonds is 3. The number of sulfone groups is 1. The SMILES string of the molecule is NC(=O)c1ccccc1S(=O)(=O)C1CCCCC1. The number of benzene rings is 1. The van der Waals surface area contributed by atoms with Gasteiger partial charge in [0, 0.05) is 0 Å². The standard InChI is InChI=1S/C13H17NO3S/c14-13(15)11-8-4-5-9-12(11)18(16,17)10-6-2-1-3-7-10/h4-5,8-10H,1-3,6-7H2,(H2,14,15). The van der Waals surface area contributed by atoms with Crippen LogP contribution in [0.5, 0.6) is 0 Å². The number of amides is 1. The summed E-state index contributed by atoms with van der Waals surface area (Å²) in [6, 6.07) is 6.20. The third-order valence-corrected chi connectivity index (χ3v) is 5.77. The zero-order valence-electron chi connectivity index (χ0n) is 10.1. The predicted molar refractivity (Wildman–Crippen MR) is 69.0 cm³/mol. The Morgan fingerprint density at radius 1 is 1.11 bits per heavy atom. The molecule has 4 nitrogen and oxygen atoms in total. The summed E-state index contributed by atoms with van der Waals surface area (Å²) < 4.78 is 25.0. The van der Waals surface area contributed by atoms with Crippen LogP contribution in [0, 0.1) is 0 Å². The first-order valence-corrected chi connectivity index (χ1v) is 7.71. The molecule has 1 amide bonds. The highest BCUT2D eigenvalue weighted by atomic mass is 32.2. The molecule has 18 heavy (non-hydrogen) atoms. The van der Waals surface area contributed by atoms with E-state index in [1.54, 1.807) is 12.1 Å². The minimum absolute atomic E-state index is 0.0874. The van der Waals surface area contributed by atoms with Gasteiger partial charge in [-0.05, 0) is 25.0 Å². The van der Waals surface area contributed by atoms with E-state index in [9.17, 15) is 13.2 Å². The average molecular weight is 267 g/mol. The van der Waals surface area contributed by atoms with Gasteiger partial charge in [-0.1, -0.05) is 31.4 Å². The van der Waals surface area contributed by atoms with Crippen LogP contribution in [-0.4, -0.2) is 19.6 Å². The van der Waals surface area contributed by atoms with Crippen molar-refractivity contribution in [1.82, 2.24) is 0 Å². The lowest BCUT2D eigenvalue weighted by atomic mass is 10.0. The first-order valence-electron chi connectivity index (χ1n) is 6.16. The van der Waals surface area contributed by atoms with Crippen molar-refractivity contribution in [3.8, 4) is 0 Å². The number of hydrogen-bond donors (Lipinski definition) is 1. The molecule has 1 aromatic rings. The second-order valence-electron chi connectivity index (χ2n) is 4.67. The lowest BCUT2D eigenvalue weighted by Gasteiger charge is -2.22. The fraction of sp³-hybridized carbons (Fsp3) is 0.462. The topological polar surface area (TPSA) is 77.2 Å². The van der Waals surface area contributed by atoms with Crippen molar-refractivity contribution >= 4 is 15.7 Å². The molecule has 0 bridgehead atoms. The third-order valence-electron chi connectivity index (χ3n) is 3.45. The van der Waals surface area contributed by atoms with E-state index in [0.717, 1.165) is 19.3 Å². The number of nitrogens with two attached hydrogens (primary N) is 1. The van der Waals surface area contributed by atoms with Crippen molar-refractivity contribution in [2.24, 2.45) is 5.73 Å². The molecule has 1 aromatic carbocycles. The van der Waals surface area contributed by atoms with E-state index in [1.807, 2.05) is 0 Å². The fourth-order valence-corrected chi connectivity index (χ4v) is 4.53. The summed E-state index contributed by atoms with van der Waals surface area (Å²) in [4.78, 5) is 11.4. The summed E-state index contributed by atoms with van der Waals surface area (Å²) in [6.45, 7) is 0. The Labute approximate surface area is 107 Å². The molecule has 2 rings (SSSR count). The minimum Gasteiger partial charge on any atom is -0.366 e. The molecule has 1 aliphatic carbocycles. The summed E-state index contributed by atoms with van der Waals surface area (Å²) >= 11 is 0. The molecular formula is C13H17NO3S. The molecule has 0 aliphatic heterocycles. The Hall–Kier alpha value is -1.36. The number of hydrogen-bond acceptors (Lipinski definition) is 3. The molecule has 1 saturated carbocycles. The van der Waals surface area contributed by atoms with Crippen LogP contribution in [0.25, 0.3) is 0 Å². The van der Waals surface area contributed by atoms with Crippen molar-refractivity contribution in [2.75, 3.05) is 0 Å². The van der Waals surface area contributed by atoms with Crippen LogP contribution in [0.4, 0.5) is 0 Å². The van der Waals surface area contributed by atoms with E-state index < -0.39 is 15.7 Å². The highest BCUT2D eigenvalue weighted by Crippen LogP contribution is 2.29. The van der Waals surface area contributed by atoms with Gasteiger partial charge in [-0.3, -0.25) is 4.79 Å². The van der Waals surface area contributed by atoms with Crippen LogP contribution in [-0.2, 0) is 9.84 Å². The molecule has 5 heteroatoms. The fourth-order valence-electron chi connectivity index (χ4n) is 2.47.